The second-order valence-electron chi connectivity index (χ2n) is 5.20. The van der Waals surface area contributed by atoms with E-state index in [2.05, 4.69) is 16.1 Å². The lowest BCUT2D eigenvalue weighted by atomic mass is 9.87. The maximum absolute atomic E-state index is 12.2. The molecule has 2 rings (SSSR count). The average molecular weight is 382 g/mol. The van der Waals surface area contributed by atoms with Gasteiger partial charge in [0.15, 0.2) is 0 Å². The number of rotatable bonds is 7. The zero-order chi connectivity index (χ0) is 19.1. The van der Waals surface area contributed by atoms with Crippen LogP contribution in [0.2, 0.25) is 0 Å². The normalized spacial score (nSPS) is 16.9. The second kappa shape index (κ2) is 9.20. The van der Waals surface area contributed by atoms with E-state index in [9.17, 15) is 23.6 Å². The fraction of sp³-hybridized carbons (Fsp3) is 0.353. The van der Waals surface area contributed by atoms with Gasteiger partial charge in [-0.3, -0.25) is 9.59 Å². The highest BCUT2D eigenvalue weighted by atomic mass is 32.2. The summed E-state index contributed by atoms with van der Waals surface area (Å²) < 4.78 is 33.6. The van der Waals surface area contributed by atoms with E-state index in [0.717, 1.165) is 11.8 Å². The molecule has 0 saturated heterocycles. The molecule has 0 aliphatic carbocycles. The van der Waals surface area contributed by atoms with Gasteiger partial charge in [-0.2, -0.15) is 14.0 Å². The predicted molar refractivity (Wildman–Crippen MR) is 90.3 cm³/mol. The van der Waals surface area contributed by atoms with Gasteiger partial charge < -0.3 is 14.8 Å². The van der Waals surface area contributed by atoms with E-state index in [1.165, 1.54) is 24.3 Å². The monoisotopic (exact) mass is 382 g/mol. The number of nitrogens with zero attached hydrogens (tertiary/aromatic N) is 1. The molecule has 1 aromatic carbocycles. The second-order valence-corrected chi connectivity index (χ2v) is 6.19. The Kier molecular flexibility index (Phi) is 6.97. The number of hydrogen-bond donors (Lipinski definition) is 1. The fourth-order valence-electron chi connectivity index (χ4n) is 2.43. The number of benzene rings is 1. The number of amides is 1. The number of thioether (sulfide) groups is 1. The van der Waals surface area contributed by atoms with Crippen LogP contribution in [-0.4, -0.2) is 30.8 Å². The molecule has 1 N–H and O–H groups in total. The third-order valence-electron chi connectivity index (χ3n) is 3.50. The summed E-state index contributed by atoms with van der Waals surface area (Å²) >= 11 is 1.02. The number of alkyl halides is 2. The van der Waals surface area contributed by atoms with Gasteiger partial charge in [-0.15, -0.1) is 0 Å². The third-order valence-corrected chi connectivity index (χ3v) is 4.49. The van der Waals surface area contributed by atoms with E-state index >= 15 is 0 Å². The van der Waals surface area contributed by atoms with E-state index < -0.39 is 18.5 Å². The Morgan fingerprint density at radius 1 is 1.42 bits per heavy atom. The van der Waals surface area contributed by atoms with Crippen molar-refractivity contribution in [1.29, 1.82) is 5.26 Å². The van der Waals surface area contributed by atoms with Crippen molar-refractivity contribution < 1.29 is 27.8 Å². The molecule has 0 saturated carbocycles. The van der Waals surface area contributed by atoms with Gasteiger partial charge in [0.05, 0.1) is 29.0 Å². The SMILES string of the molecule is CCOC(=O)CSC1=C(C#N)[C@@H](c2ccc(OC(F)F)cc2)CC(=O)N1. The van der Waals surface area contributed by atoms with Crippen molar-refractivity contribution in [3.63, 3.8) is 0 Å². The smallest absolute Gasteiger partial charge is 0.387 e. The molecular weight excluding hydrogens is 366 g/mol. The number of esters is 1. The lowest BCUT2D eigenvalue weighted by molar-refractivity contribution is -0.139. The molecule has 6 nitrogen and oxygen atoms in total. The molecule has 0 bridgehead atoms. The Hall–Kier alpha value is -2.60. The maximum Gasteiger partial charge on any atom is 0.387 e. The number of hydrogen-bond acceptors (Lipinski definition) is 6. The van der Waals surface area contributed by atoms with Gasteiger partial charge in [-0.1, -0.05) is 23.9 Å². The van der Waals surface area contributed by atoms with Crippen molar-refractivity contribution in [3.8, 4) is 11.8 Å². The quantitative estimate of drug-likeness (QED) is 0.730. The van der Waals surface area contributed by atoms with Crippen molar-refractivity contribution in [2.24, 2.45) is 0 Å². The van der Waals surface area contributed by atoms with Crippen LogP contribution in [0.1, 0.15) is 24.8 Å². The van der Waals surface area contributed by atoms with Gasteiger partial charge in [0.2, 0.25) is 5.91 Å². The van der Waals surface area contributed by atoms with Crippen molar-refractivity contribution in [2.75, 3.05) is 12.4 Å². The average Bonchev–Trinajstić information content (AvgIpc) is 2.60. The van der Waals surface area contributed by atoms with Gasteiger partial charge >= 0.3 is 12.6 Å². The van der Waals surface area contributed by atoms with Crippen LogP contribution in [0.3, 0.4) is 0 Å². The molecule has 1 atom stereocenters. The molecule has 1 aliphatic heterocycles. The first-order valence-corrected chi connectivity index (χ1v) is 8.70. The van der Waals surface area contributed by atoms with Gasteiger partial charge in [-0.25, -0.2) is 0 Å². The molecule has 1 aromatic rings. The summed E-state index contributed by atoms with van der Waals surface area (Å²) in [4.78, 5) is 23.5. The maximum atomic E-state index is 12.2. The largest absolute Gasteiger partial charge is 0.465 e. The Labute approximate surface area is 153 Å². The summed E-state index contributed by atoms with van der Waals surface area (Å²) in [6, 6.07) is 7.84. The summed E-state index contributed by atoms with van der Waals surface area (Å²) in [6.45, 7) is -1.00. The van der Waals surface area contributed by atoms with Crippen LogP contribution >= 0.6 is 11.8 Å². The highest BCUT2D eigenvalue weighted by Crippen LogP contribution is 2.36. The lowest BCUT2D eigenvalue weighted by Gasteiger charge is -2.25. The van der Waals surface area contributed by atoms with Crippen LogP contribution in [0.15, 0.2) is 34.9 Å². The molecule has 0 spiro atoms. The van der Waals surface area contributed by atoms with Crippen molar-refractivity contribution in [3.05, 3.63) is 40.4 Å². The Morgan fingerprint density at radius 3 is 2.69 bits per heavy atom. The molecule has 0 radical (unpaired) electrons. The first-order valence-electron chi connectivity index (χ1n) is 7.71. The number of nitriles is 1. The number of halogens is 2. The highest BCUT2D eigenvalue weighted by Gasteiger charge is 2.30. The van der Waals surface area contributed by atoms with Gasteiger partial charge in [0.25, 0.3) is 0 Å². The minimum Gasteiger partial charge on any atom is -0.465 e. The number of ether oxygens (including phenoxy) is 2. The molecule has 9 heteroatoms. The Morgan fingerprint density at radius 2 is 2.12 bits per heavy atom. The zero-order valence-electron chi connectivity index (χ0n) is 13.8. The first-order chi connectivity index (χ1) is 12.4. The van der Waals surface area contributed by atoms with Crippen LogP contribution in [-0.2, 0) is 14.3 Å². The van der Waals surface area contributed by atoms with E-state index in [1.54, 1.807) is 6.92 Å². The van der Waals surface area contributed by atoms with Crippen LogP contribution in [0.4, 0.5) is 8.78 Å². The summed E-state index contributed by atoms with van der Waals surface area (Å²) in [6.07, 6.45) is 0.0431. The van der Waals surface area contributed by atoms with E-state index in [4.69, 9.17) is 4.74 Å². The van der Waals surface area contributed by atoms with Gasteiger partial charge in [-0.05, 0) is 24.6 Å². The standard InChI is InChI=1S/C17H16F2N2O4S/c1-2-24-15(23)9-26-16-13(8-20)12(7-14(22)21-16)10-3-5-11(6-4-10)25-17(18)19/h3-6,12,17H,2,7,9H2,1H3,(H,21,22)/t12-/m1/s1. The van der Waals surface area contributed by atoms with Crippen LogP contribution in [0.5, 0.6) is 5.75 Å². The topological polar surface area (TPSA) is 88.4 Å². The summed E-state index contributed by atoms with van der Waals surface area (Å²) in [7, 11) is 0. The lowest BCUT2D eigenvalue weighted by Crippen LogP contribution is -2.31. The highest BCUT2D eigenvalue weighted by molar-refractivity contribution is 8.03. The molecular formula is C17H16F2N2O4S. The van der Waals surface area contributed by atoms with Crippen molar-refractivity contribution >= 4 is 23.6 Å². The summed E-state index contributed by atoms with van der Waals surface area (Å²) in [5, 5.41) is 12.4. The molecule has 0 aromatic heterocycles. The van der Waals surface area contributed by atoms with Crippen molar-refractivity contribution in [1.82, 2.24) is 5.32 Å². The fourth-order valence-corrected chi connectivity index (χ4v) is 3.31. The van der Waals surface area contributed by atoms with Crippen molar-refractivity contribution in [2.45, 2.75) is 25.9 Å². The molecule has 138 valence electrons. The zero-order valence-corrected chi connectivity index (χ0v) is 14.6. The first kappa shape index (κ1) is 19.7. The van der Waals surface area contributed by atoms with Crippen LogP contribution in [0.25, 0.3) is 0 Å². The Bertz CT molecular complexity index is 744. The van der Waals surface area contributed by atoms with E-state index in [0.29, 0.717) is 16.2 Å². The number of carbonyl (C=O) groups is 2. The predicted octanol–water partition coefficient (Wildman–Crippen LogP) is 2.92. The molecule has 1 heterocycles. The molecule has 1 amide bonds. The Balaban J connectivity index is 2.23. The number of nitrogens with one attached hydrogen (secondary N) is 1. The molecule has 0 unspecified atom stereocenters. The molecule has 0 fully saturated rings. The van der Waals surface area contributed by atoms with E-state index in [1.807, 2.05) is 0 Å². The van der Waals surface area contributed by atoms with Gasteiger partial charge in [0, 0.05) is 12.3 Å². The van der Waals surface area contributed by atoms with E-state index in [-0.39, 0.29) is 30.4 Å². The minimum absolute atomic E-state index is 0.0107. The van der Waals surface area contributed by atoms with Crippen LogP contribution in [0, 0.1) is 11.3 Å². The van der Waals surface area contributed by atoms with Gasteiger partial charge in [0.1, 0.15) is 5.75 Å². The third kappa shape index (κ3) is 5.20. The molecule has 26 heavy (non-hydrogen) atoms. The minimum atomic E-state index is -2.93. The summed E-state index contributed by atoms with van der Waals surface area (Å²) in [5.41, 5.74) is 0.925. The number of carbonyl (C=O) groups excluding carboxylic acids is 2. The summed E-state index contributed by atoms with van der Waals surface area (Å²) in [5.74, 6) is -1.33. The van der Waals surface area contributed by atoms with Crippen LogP contribution < -0.4 is 10.1 Å². The molecule has 1 aliphatic rings. The number of allylic oxidation sites excluding steroid dienone is 1.